The highest BCUT2D eigenvalue weighted by Crippen LogP contribution is 2.60. The molecule has 0 saturated carbocycles. The van der Waals surface area contributed by atoms with Crippen LogP contribution in [0.3, 0.4) is 0 Å². The van der Waals surface area contributed by atoms with Crippen LogP contribution in [0.5, 0.6) is 5.75 Å². The molecule has 0 saturated heterocycles. The van der Waals surface area contributed by atoms with Gasteiger partial charge in [0.05, 0.1) is 18.2 Å². The zero-order valence-electron chi connectivity index (χ0n) is 10.5. The van der Waals surface area contributed by atoms with Crippen LogP contribution in [-0.2, 0) is 9.09 Å². The van der Waals surface area contributed by atoms with E-state index in [0.29, 0.717) is 23.7 Å². The Labute approximate surface area is 112 Å². The Bertz CT molecular complexity index is 455. The second-order valence-electron chi connectivity index (χ2n) is 3.43. The summed E-state index contributed by atoms with van der Waals surface area (Å²) in [6.07, 6.45) is 0.901. The fourth-order valence-corrected chi connectivity index (χ4v) is 4.63. The Hall–Kier alpha value is -0.950. The van der Waals surface area contributed by atoms with Crippen molar-refractivity contribution in [3.63, 3.8) is 0 Å². The van der Waals surface area contributed by atoms with Gasteiger partial charge >= 0.3 is 6.80 Å². The smallest absolute Gasteiger partial charge is 0.417 e. The lowest BCUT2D eigenvalue weighted by atomic mass is 10.2. The summed E-state index contributed by atoms with van der Waals surface area (Å²) in [6.45, 7) is 0.974. The number of benzene rings is 1. The van der Waals surface area contributed by atoms with Crippen LogP contribution in [0.15, 0.2) is 24.3 Å². The summed E-state index contributed by atoms with van der Waals surface area (Å²) in [7, 11) is 0. The lowest BCUT2D eigenvalue weighted by Gasteiger charge is -2.17. The molecule has 0 fully saturated rings. The molecule has 0 aliphatic carbocycles. The van der Waals surface area contributed by atoms with Crippen molar-refractivity contribution in [2.75, 3.05) is 12.4 Å². The molecule has 1 unspecified atom stereocenters. The summed E-state index contributed by atoms with van der Waals surface area (Å²) in [4.78, 5) is 0. The van der Waals surface area contributed by atoms with Crippen molar-refractivity contribution in [1.82, 2.24) is 0 Å². The van der Waals surface area contributed by atoms with E-state index < -0.39 is 6.80 Å². The van der Waals surface area contributed by atoms with E-state index in [4.69, 9.17) is 14.3 Å². The lowest BCUT2D eigenvalue weighted by molar-refractivity contribution is 0.296. The molecule has 0 spiro atoms. The molecular weight excluding hydrogens is 269 g/mol. The first kappa shape index (κ1) is 15.1. The van der Waals surface area contributed by atoms with Crippen molar-refractivity contribution < 1.29 is 13.6 Å². The topological polar surface area (TPSA) is 59.3 Å². The van der Waals surface area contributed by atoms with Gasteiger partial charge in [-0.2, -0.15) is 5.26 Å². The van der Waals surface area contributed by atoms with Crippen LogP contribution < -0.4 is 4.52 Å². The first-order valence-electron chi connectivity index (χ1n) is 5.72. The number of hydrogen-bond acceptors (Lipinski definition) is 5. The quantitative estimate of drug-likeness (QED) is 0.702. The van der Waals surface area contributed by atoms with Gasteiger partial charge in [0.2, 0.25) is 0 Å². The minimum Gasteiger partial charge on any atom is -0.417 e. The maximum Gasteiger partial charge on any atom is 0.440 e. The summed E-state index contributed by atoms with van der Waals surface area (Å²) in [5, 5.41) is 8.69. The Kier molecular flexibility index (Phi) is 6.28. The number of nitriles is 1. The highest BCUT2D eigenvalue weighted by atomic mass is 32.7. The first-order valence-corrected chi connectivity index (χ1v) is 8.85. The van der Waals surface area contributed by atoms with E-state index in [0.717, 1.165) is 6.42 Å². The zero-order chi connectivity index (χ0) is 13.4. The Balaban J connectivity index is 2.76. The van der Waals surface area contributed by atoms with Crippen LogP contribution in [0.4, 0.5) is 0 Å². The van der Waals surface area contributed by atoms with Crippen molar-refractivity contribution in [2.45, 2.75) is 20.3 Å². The monoisotopic (exact) mass is 285 g/mol. The Morgan fingerprint density at radius 1 is 1.33 bits per heavy atom. The van der Waals surface area contributed by atoms with Gasteiger partial charge in [0, 0.05) is 5.75 Å². The minimum atomic E-state index is -3.15. The molecule has 1 atom stereocenters. The van der Waals surface area contributed by atoms with E-state index in [1.54, 1.807) is 31.2 Å². The molecule has 0 aliphatic heterocycles. The van der Waals surface area contributed by atoms with E-state index in [1.807, 2.05) is 13.0 Å². The Morgan fingerprint density at radius 2 is 2.00 bits per heavy atom. The molecule has 0 N–H and O–H groups in total. The fourth-order valence-electron chi connectivity index (χ4n) is 1.17. The first-order chi connectivity index (χ1) is 8.63. The van der Waals surface area contributed by atoms with Crippen molar-refractivity contribution >= 4 is 18.2 Å². The van der Waals surface area contributed by atoms with Crippen molar-refractivity contribution in [1.29, 1.82) is 5.26 Å². The second kappa shape index (κ2) is 7.48. The summed E-state index contributed by atoms with van der Waals surface area (Å²) in [6, 6.07) is 8.50. The van der Waals surface area contributed by atoms with E-state index in [9.17, 15) is 4.57 Å². The highest BCUT2D eigenvalue weighted by Gasteiger charge is 2.26. The molecule has 0 aromatic heterocycles. The van der Waals surface area contributed by atoms with Gasteiger partial charge in [0.15, 0.2) is 0 Å². The number of hydrogen-bond donors (Lipinski definition) is 0. The van der Waals surface area contributed by atoms with Gasteiger partial charge in [-0.3, -0.25) is 4.52 Å². The molecule has 0 amide bonds. The molecule has 0 aliphatic rings. The van der Waals surface area contributed by atoms with Gasteiger partial charge in [-0.05, 0) is 49.0 Å². The van der Waals surface area contributed by atoms with Crippen LogP contribution in [0.2, 0.25) is 0 Å². The van der Waals surface area contributed by atoms with Gasteiger partial charge in [-0.1, -0.05) is 6.92 Å². The highest BCUT2D eigenvalue weighted by molar-refractivity contribution is 8.55. The molecule has 0 radical (unpaired) electrons. The maximum atomic E-state index is 12.3. The van der Waals surface area contributed by atoms with Crippen molar-refractivity contribution in [3.8, 4) is 11.8 Å². The summed E-state index contributed by atoms with van der Waals surface area (Å²) in [5.74, 6) is 1.17. The third-order valence-corrected chi connectivity index (χ3v) is 5.89. The van der Waals surface area contributed by atoms with E-state index in [-0.39, 0.29) is 0 Å². The predicted molar refractivity (Wildman–Crippen MR) is 73.8 cm³/mol. The van der Waals surface area contributed by atoms with Gasteiger partial charge in [-0.15, -0.1) is 0 Å². The summed E-state index contributed by atoms with van der Waals surface area (Å²) >= 11 is 1.20. The molecule has 4 nitrogen and oxygen atoms in total. The number of nitrogens with zero attached hydrogens (tertiary/aromatic N) is 1. The third kappa shape index (κ3) is 4.73. The second-order valence-corrected chi connectivity index (χ2v) is 7.54. The van der Waals surface area contributed by atoms with Crippen LogP contribution >= 0.6 is 18.2 Å². The normalized spacial score (nSPS) is 13.6. The summed E-state index contributed by atoms with van der Waals surface area (Å²) < 4.78 is 23.0. The molecule has 18 heavy (non-hydrogen) atoms. The molecule has 1 rings (SSSR count). The van der Waals surface area contributed by atoms with E-state index in [1.165, 1.54) is 11.4 Å². The van der Waals surface area contributed by atoms with Gasteiger partial charge < -0.3 is 4.52 Å². The van der Waals surface area contributed by atoms with Crippen LogP contribution in [0.1, 0.15) is 25.8 Å². The van der Waals surface area contributed by atoms with E-state index in [2.05, 4.69) is 0 Å². The molecule has 1 aromatic carbocycles. The average Bonchev–Trinajstić information content (AvgIpc) is 2.38. The van der Waals surface area contributed by atoms with Crippen molar-refractivity contribution in [2.24, 2.45) is 0 Å². The standard InChI is InChI=1S/C12H16NO3PS/c1-3-9-18-17(14,15-4-2)16-12-7-5-11(10-13)6-8-12/h5-8H,3-4,9H2,1-2H3. The van der Waals surface area contributed by atoms with E-state index >= 15 is 0 Å². The molecular formula is C12H16NO3PS. The predicted octanol–water partition coefficient (Wildman–Crippen LogP) is 4.22. The average molecular weight is 285 g/mol. The zero-order valence-corrected chi connectivity index (χ0v) is 12.2. The van der Waals surface area contributed by atoms with Crippen molar-refractivity contribution in [3.05, 3.63) is 29.8 Å². The molecule has 0 bridgehead atoms. The molecule has 0 heterocycles. The molecule has 1 aromatic rings. The van der Waals surface area contributed by atoms with Gasteiger partial charge in [0.1, 0.15) is 5.75 Å². The third-order valence-electron chi connectivity index (χ3n) is 1.94. The molecule has 98 valence electrons. The largest absolute Gasteiger partial charge is 0.440 e. The summed E-state index contributed by atoms with van der Waals surface area (Å²) in [5.41, 5.74) is 0.537. The minimum absolute atomic E-state index is 0.338. The molecule has 6 heteroatoms. The van der Waals surface area contributed by atoms with Crippen LogP contribution in [-0.4, -0.2) is 12.4 Å². The maximum absolute atomic E-state index is 12.3. The van der Waals surface area contributed by atoms with Gasteiger partial charge in [0.25, 0.3) is 0 Å². The number of rotatable bonds is 7. The Morgan fingerprint density at radius 3 is 2.50 bits per heavy atom. The lowest BCUT2D eigenvalue weighted by Crippen LogP contribution is -1.96. The van der Waals surface area contributed by atoms with Crippen LogP contribution in [0, 0.1) is 11.3 Å². The van der Waals surface area contributed by atoms with Gasteiger partial charge in [-0.25, -0.2) is 4.57 Å². The van der Waals surface area contributed by atoms with Crippen LogP contribution in [0.25, 0.3) is 0 Å². The SMILES string of the molecule is CCCSP(=O)(OCC)Oc1ccc(C#N)cc1. The fraction of sp³-hybridized carbons (Fsp3) is 0.417.